The van der Waals surface area contributed by atoms with E-state index in [9.17, 15) is 8.42 Å². The van der Waals surface area contributed by atoms with Crippen LogP contribution in [-0.2, 0) is 10.0 Å². The fourth-order valence-electron chi connectivity index (χ4n) is 3.86. The summed E-state index contributed by atoms with van der Waals surface area (Å²) in [6.07, 6.45) is 2.35. The highest BCUT2D eigenvalue weighted by Gasteiger charge is 2.32. The third-order valence-electron chi connectivity index (χ3n) is 5.47. The zero-order chi connectivity index (χ0) is 19.8. The maximum atomic E-state index is 13.2. The van der Waals surface area contributed by atoms with E-state index in [0.29, 0.717) is 43.7 Å². The van der Waals surface area contributed by atoms with Crippen molar-refractivity contribution < 1.29 is 17.9 Å². The number of hydrogen-bond donors (Lipinski definition) is 0. The fraction of sp³-hybridized carbons (Fsp3) is 0.381. The molecule has 1 fully saturated rings. The highest BCUT2D eigenvalue weighted by atomic mass is 32.2. The minimum atomic E-state index is -3.56. The maximum absolute atomic E-state index is 13.2. The summed E-state index contributed by atoms with van der Waals surface area (Å²) in [5.74, 6) is 1.42. The predicted octanol–water partition coefficient (Wildman–Crippen LogP) is 4.03. The second-order valence-electron chi connectivity index (χ2n) is 7.36. The van der Waals surface area contributed by atoms with E-state index in [0.717, 1.165) is 29.8 Å². The standard InChI is InChI=1S/C21H22N2O4S2/c24-29(25,16-6-7-18-19(14-16)27-13-3-12-26-18)23-10-8-15(9-11-23)21-22-17-4-1-2-5-20(17)28-21/h1-2,4-7,14-15H,3,8-13H2. The van der Waals surface area contributed by atoms with Gasteiger partial charge in [-0.25, -0.2) is 13.4 Å². The lowest BCUT2D eigenvalue weighted by Gasteiger charge is -2.30. The van der Waals surface area contributed by atoms with Gasteiger partial charge in [-0.1, -0.05) is 12.1 Å². The third kappa shape index (κ3) is 3.60. The van der Waals surface area contributed by atoms with E-state index in [4.69, 9.17) is 14.5 Å². The summed E-state index contributed by atoms with van der Waals surface area (Å²) >= 11 is 1.72. The zero-order valence-electron chi connectivity index (χ0n) is 15.9. The van der Waals surface area contributed by atoms with Crippen LogP contribution < -0.4 is 9.47 Å². The van der Waals surface area contributed by atoms with Crippen molar-refractivity contribution in [2.75, 3.05) is 26.3 Å². The van der Waals surface area contributed by atoms with Gasteiger partial charge in [-0.2, -0.15) is 4.31 Å². The van der Waals surface area contributed by atoms with Crippen molar-refractivity contribution in [3.63, 3.8) is 0 Å². The van der Waals surface area contributed by atoms with Gasteiger partial charge in [0.15, 0.2) is 11.5 Å². The van der Waals surface area contributed by atoms with Crippen LogP contribution in [0.4, 0.5) is 0 Å². The summed E-state index contributed by atoms with van der Waals surface area (Å²) in [6, 6.07) is 13.0. The Hall–Kier alpha value is -2.16. The molecule has 3 heterocycles. The van der Waals surface area contributed by atoms with Gasteiger partial charge in [0, 0.05) is 31.5 Å². The van der Waals surface area contributed by atoms with Gasteiger partial charge in [0.1, 0.15) is 0 Å². The summed E-state index contributed by atoms with van der Waals surface area (Å²) in [5, 5.41) is 1.11. The molecule has 8 heteroatoms. The summed E-state index contributed by atoms with van der Waals surface area (Å²) in [4.78, 5) is 5.02. The number of hydrogen-bond acceptors (Lipinski definition) is 6. The van der Waals surface area contributed by atoms with Gasteiger partial charge in [0.2, 0.25) is 10.0 Å². The molecule has 0 radical (unpaired) electrons. The van der Waals surface area contributed by atoms with Crippen LogP contribution >= 0.6 is 11.3 Å². The molecule has 29 heavy (non-hydrogen) atoms. The first-order chi connectivity index (χ1) is 14.1. The Morgan fingerprint density at radius 3 is 2.55 bits per heavy atom. The summed E-state index contributed by atoms with van der Waals surface area (Å²) in [7, 11) is -3.56. The van der Waals surface area contributed by atoms with E-state index in [1.54, 1.807) is 33.8 Å². The molecule has 2 aliphatic heterocycles. The quantitative estimate of drug-likeness (QED) is 0.628. The molecular weight excluding hydrogens is 408 g/mol. The minimum Gasteiger partial charge on any atom is -0.490 e. The SMILES string of the molecule is O=S(=O)(c1ccc2c(c1)OCCCO2)N1CCC(c2nc3ccccc3s2)CC1. The van der Waals surface area contributed by atoms with Gasteiger partial charge < -0.3 is 9.47 Å². The fourth-order valence-corrected chi connectivity index (χ4v) is 6.48. The Morgan fingerprint density at radius 2 is 1.76 bits per heavy atom. The first-order valence-electron chi connectivity index (χ1n) is 9.86. The lowest BCUT2D eigenvalue weighted by molar-refractivity contribution is 0.296. The van der Waals surface area contributed by atoms with Gasteiger partial charge in [-0.3, -0.25) is 0 Å². The smallest absolute Gasteiger partial charge is 0.243 e. The van der Waals surface area contributed by atoms with Crippen LogP contribution in [0, 0.1) is 0 Å². The van der Waals surface area contributed by atoms with Crippen LogP contribution in [0.25, 0.3) is 10.2 Å². The molecule has 0 spiro atoms. The molecule has 0 bridgehead atoms. The van der Waals surface area contributed by atoms with Crippen LogP contribution in [-0.4, -0.2) is 44.0 Å². The molecule has 1 aromatic heterocycles. The van der Waals surface area contributed by atoms with E-state index in [1.807, 2.05) is 18.2 Å². The van der Waals surface area contributed by atoms with Gasteiger partial charge >= 0.3 is 0 Å². The van der Waals surface area contributed by atoms with Crippen molar-refractivity contribution in [1.29, 1.82) is 0 Å². The molecule has 6 nitrogen and oxygen atoms in total. The molecule has 0 saturated carbocycles. The average molecular weight is 431 g/mol. The first-order valence-corrected chi connectivity index (χ1v) is 12.1. The minimum absolute atomic E-state index is 0.264. The zero-order valence-corrected chi connectivity index (χ0v) is 17.5. The molecule has 0 atom stereocenters. The number of piperidine rings is 1. The number of ether oxygens (including phenoxy) is 2. The number of aromatic nitrogens is 1. The second-order valence-corrected chi connectivity index (χ2v) is 10.4. The summed E-state index contributed by atoms with van der Waals surface area (Å²) in [5.41, 5.74) is 1.02. The second kappa shape index (κ2) is 7.59. The van der Waals surface area contributed by atoms with Gasteiger partial charge in [0.05, 0.1) is 33.3 Å². The predicted molar refractivity (Wildman–Crippen MR) is 112 cm³/mol. The highest BCUT2D eigenvalue weighted by molar-refractivity contribution is 7.89. The summed E-state index contributed by atoms with van der Waals surface area (Å²) < 4.78 is 40.4. The Bertz CT molecular complexity index is 1100. The topological polar surface area (TPSA) is 68.7 Å². The number of nitrogens with zero attached hydrogens (tertiary/aromatic N) is 2. The Labute approximate surface area is 174 Å². The summed E-state index contributed by atoms with van der Waals surface area (Å²) in [6.45, 7) is 2.11. The van der Waals surface area contributed by atoms with Crippen LogP contribution in [0.2, 0.25) is 0 Å². The van der Waals surface area contributed by atoms with Crippen LogP contribution in [0.1, 0.15) is 30.2 Å². The number of benzene rings is 2. The van der Waals surface area contributed by atoms with E-state index >= 15 is 0 Å². The van der Waals surface area contributed by atoms with E-state index in [-0.39, 0.29) is 4.90 Å². The van der Waals surface area contributed by atoms with Crippen LogP contribution in [0.3, 0.4) is 0 Å². The molecule has 0 unspecified atom stereocenters. The van der Waals surface area contributed by atoms with Crippen molar-refractivity contribution in [3.05, 3.63) is 47.5 Å². The van der Waals surface area contributed by atoms with E-state index in [1.165, 1.54) is 4.70 Å². The lowest BCUT2D eigenvalue weighted by Crippen LogP contribution is -2.37. The maximum Gasteiger partial charge on any atom is 0.243 e. The largest absolute Gasteiger partial charge is 0.490 e. The number of fused-ring (bicyclic) bond motifs is 2. The molecular formula is C21H22N2O4S2. The van der Waals surface area contributed by atoms with E-state index in [2.05, 4.69) is 6.07 Å². The molecule has 152 valence electrons. The van der Waals surface area contributed by atoms with Crippen molar-refractivity contribution in [2.45, 2.75) is 30.1 Å². The molecule has 2 aliphatic rings. The number of thiazole rings is 1. The number of sulfonamides is 1. The van der Waals surface area contributed by atoms with Gasteiger partial charge in [0.25, 0.3) is 0 Å². The Balaban J connectivity index is 1.32. The van der Waals surface area contributed by atoms with Gasteiger partial charge in [-0.15, -0.1) is 11.3 Å². The van der Waals surface area contributed by atoms with E-state index < -0.39 is 10.0 Å². The van der Waals surface area contributed by atoms with Gasteiger partial charge in [-0.05, 0) is 37.1 Å². The van der Waals surface area contributed by atoms with Crippen molar-refractivity contribution >= 4 is 31.6 Å². The molecule has 3 aromatic rings. The number of rotatable bonds is 3. The monoisotopic (exact) mass is 430 g/mol. The molecule has 2 aromatic carbocycles. The number of para-hydroxylation sites is 1. The van der Waals surface area contributed by atoms with Crippen molar-refractivity contribution in [2.24, 2.45) is 0 Å². The average Bonchev–Trinajstić information content (AvgIpc) is 3.04. The molecule has 5 rings (SSSR count). The Morgan fingerprint density at radius 1 is 1.00 bits per heavy atom. The Kier molecular flexibility index (Phi) is 4.93. The lowest BCUT2D eigenvalue weighted by atomic mass is 9.99. The highest BCUT2D eigenvalue weighted by Crippen LogP contribution is 2.37. The first kappa shape index (κ1) is 18.8. The normalized spacial score (nSPS) is 18.6. The third-order valence-corrected chi connectivity index (χ3v) is 8.56. The molecule has 0 amide bonds. The molecule has 0 N–H and O–H groups in total. The molecule has 0 aliphatic carbocycles. The molecule has 1 saturated heterocycles. The van der Waals surface area contributed by atoms with Crippen LogP contribution in [0.15, 0.2) is 47.4 Å². The van der Waals surface area contributed by atoms with Crippen molar-refractivity contribution in [1.82, 2.24) is 9.29 Å². The van der Waals surface area contributed by atoms with Crippen molar-refractivity contribution in [3.8, 4) is 11.5 Å². The van der Waals surface area contributed by atoms with Crippen LogP contribution in [0.5, 0.6) is 11.5 Å².